The van der Waals surface area contributed by atoms with Crippen molar-refractivity contribution >= 4 is 22.7 Å². The Morgan fingerprint density at radius 2 is 2.11 bits per heavy atom. The molecule has 0 atom stereocenters. The molecule has 0 amide bonds. The molecule has 4 heteroatoms. The minimum atomic E-state index is 0.690. The van der Waals surface area contributed by atoms with E-state index in [0.717, 1.165) is 22.7 Å². The molecule has 0 radical (unpaired) electrons. The van der Waals surface area contributed by atoms with Gasteiger partial charge in [0.2, 0.25) is 5.88 Å². The summed E-state index contributed by atoms with van der Waals surface area (Å²) in [7, 11) is 0. The Labute approximate surface area is 104 Å². The Morgan fingerprint density at radius 1 is 1.17 bits per heavy atom. The van der Waals surface area contributed by atoms with Crippen molar-refractivity contribution in [2.24, 2.45) is 5.10 Å². The van der Waals surface area contributed by atoms with Crippen LogP contribution in [0.2, 0.25) is 0 Å². The van der Waals surface area contributed by atoms with E-state index in [1.807, 2.05) is 59.8 Å². The number of para-hydroxylation sites is 1. The summed E-state index contributed by atoms with van der Waals surface area (Å²) in [5.74, 6) is 1.72. The van der Waals surface area contributed by atoms with Crippen LogP contribution in [0, 0.1) is 0 Å². The van der Waals surface area contributed by atoms with Crippen molar-refractivity contribution in [2.75, 3.05) is 11.7 Å². The average molecular weight is 237 g/mol. The second kappa shape index (κ2) is 3.50. The first-order valence-corrected chi connectivity index (χ1v) is 5.86. The third-order valence-electron chi connectivity index (χ3n) is 3.09. The number of hydrogen-bond acceptors (Lipinski definition) is 4. The van der Waals surface area contributed by atoms with Gasteiger partial charge in [-0.3, -0.25) is 0 Å². The Bertz CT molecular complexity index is 663. The van der Waals surface area contributed by atoms with Gasteiger partial charge in [-0.15, -0.1) is 5.10 Å². The molecule has 0 fully saturated rings. The summed E-state index contributed by atoms with van der Waals surface area (Å²) in [6.07, 6.45) is 7.99. The molecule has 4 rings (SSSR count). The molecule has 0 spiro atoms. The van der Waals surface area contributed by atoms with Crippen LogP contribution in [0.4, 0.5) is 5.88 Å². The monoisotopic (exact) mass is 237 g/mol. The molecule has 0 saturated heterocycles. The van der Waals surface area contributed by atoms with Crippen LogP contribution in [0.3, 0.4) is 0 Å². The lowest BCUT2D eigenvalue weighted by Gasteiger charge is -2.15. The Hall–Kier alpha value is -2.49. The minimum Gasteiger partial charge on any atom is -0.439 e. The minimum absolute atomic E-state index is 0.690. The number of amidine groups is 1. The second-order valence-electron chi connectivity index (χ2n) is 4.29. The predicted octanol–water partition coefficient (Wildman–Crippen LogP) is 2.91. The topological polar surface area (TPSA) is 32.0 Å². The highest BCUT2D eigenvalue weighted by atomic mass is 16.4. The van der Waals surface area contributed by atoms with Crippen LogP contribution < -0.4 is 5.01 Å². The van der Waals surface area contributed by atoms with Gasteiger partial charge in [0.05, 0.1) is 0 Å². The summed E-state index contributed by atoms with van der Waals surface area (Å²) >= 11 is 0. The number of hydrazone groups is 1. The number of allylic oxidation sites excluding steroid dienone is 2. The largest absolute Gasteiger partial charge is 0.439 e. The van der Waals surface area contributed by atoms with Crippen molar-refractivity contribution in [2.45, 2.75) is 0 Å². The standard InChI is InChI=1S/C14H11N3O/c1-2-6-12-11(5-1)9-14(18-12)17-10-16-8-4-3-7-13(16)15-17/h1-9H,10H2. The first-order chi connectivity index (χ1) is 8.90. The molecule has 0 bridgehead atoms. The maximum atomic E-state index is 5.80. The second-order valence-corrected chi connectivity index (χ2v) is 4.29. The van der Waals surface area contributed by atoms with Gasteiger partial charge in [-0.2, -0.15) is 0 Å². The zero-order valence-corrected chi connectivity index (χ0v) is 9.65. The lowest BCUT2D eigenvalue weighted by molar-refractivity contribution is 0.538. The van der Waals surface area contributed by atoms with E-state index in [4.69, 9.17) is 4.42 Å². The SMILES string of the molecule is C1=CC2=NN(c3cc4ccccc4o3)CN2C=C1. The quantitative estimate of drug-likeness (QED) is 0.764. The molecular formula is C14H11N3O. The van der Waals surface area contributed by atoms with E-state index in [9.17, 15) is 0 Å². The maximum absolute atomic E-state index is 5.80. The van der Waals surface area contributed by atoms with Crippen LogP contribution in [0.15, 0.2) is 64.3 Å². The van der Waals surface area contributed by atoms with E-state index in [0.29, 0.717) is 6.67 Å². The van der Waals surface area contributed by atoms with Gasteiger partial charge < -0.3 is 9.32 Å². The van der Waals surface area contributed by atoms with E-state index >= 15 is 0 Å². The summed E-state index contributed by atoms with van der Waals surface area (Å²) < 4.78 is 5.80. The van der Waals surface area contributed by atoms with E-state index in [1.165, 1.54) is 0 Å². The molecule has 0 aliphatic carbocycles. The molecule has 2 aliphatic heterocycles. The fraction of sp³-hybridized carbons (Fsp3) is 0.0714. The Balaban J connectivity index is 1.74. The van der Waals surface area contributed by atoms with Gasteiger partial charge in [0.25, 0.3) is 0 Å². The van der Waals surface area contributed by atoms with Gasteiger partial charge in [0.15, 0.2) is 5.84 Å². The fourth-order valence-corrected chi connectivity index (χ4v) is 2.19. The van der Waals surface area contributed by atoms with E-state index in [1.54, 1.807) is 0 Å². The number of fused-ring (bicyclic) bond motifs is 2. The fourth-order valence-electron chi connectivity index (χ4n) is 2.19. The van der Waals surface area contributed by atoms with Gasteiger partial charge in [0, 0.05) is 17.7 Å². The van der Waals surface area contributed by atoms with Crippen molar-refractivity contribution in [3.05, 3.63) is 54.8 Å². The molecular weight excluding hydrogens is 226 g/mol. The van der Waals surface area contributed by atoms with Crippen molar-refractivity contribution in [1.29, 1.82) is 0 Å². The van der Waals surface area contributed by atoms with Crippen LogP contribution in [0.25, 0.3) is 11.0 Å². The van der Waals surface area contributed by atoms with Crippen LogP contribution >= 0.6 is 0 Å². The molecule has 1 aromatic carbocycles. The Morgan fingerprint density at radius 3 is 3.00 bits per heavy atom. The normalized spacial score (nSPS) is 17.4. The predicted molar refractivity (Wildman–Crippen MR) is 71.1 cm³/mol. The van der Waals surface area contributed by atoms with Gasteiger partial charge in [-0.25, -0.2) is 5.01 Å². The van der Waals surface area contributed by atoms with Gasteiger partial charge >= 0.3 is 0 Å². The van der Waals surface area contributed by atoms with Gasteiger partial charge in [-0.05, 0) is 18.2 Å². The Kier molecular flexibility index (Phi) is 1.85. The molecule has 3 heterocycles. The molecule has 4 nitrogen and oxygen atoms in total. The van der Waals surface area contributed by atoms with E-state index in [2.05, 4.69) is 10.0 Å². The van der Waals surface area contributed by atoms with E-state index in [-0.39, 0.29) is 0 Å². The molecule has 2 aliphatic rings. The smallest absolute Gasteiger partial charge is 0.218 e. The first-order valence-electron chi connectivity index (χ1n) is 5.86. The highest BCUT2D eigenvalue weighted by Crippen LogP contribution is 2.28. The number of nitrogens with zero attached hydrogens (tertiary/aromatic N) is 3. The third kappa shape index (κ3) is 1.35. The van der Waals surface area contributed by atoms with Crippen molar-refractivity contribution < 1.29 is 4.42 Å². The summed E-state index contributed by atoms with van der Waals surface area (Å²) in [6, 6.07) is 10.0. The summed E-state index contributed by atoms with van der Waals surface area (Å²) in [5, 5.41) is 7.49. The number of rotatable bonds is 1. The third-order valence-corrected chi connectivity index (χ3v) is 3.09. The van der Waals surface area contributed by atoms with Crippen molar-refractivity contribution in [3.63, 3.8) is 0 Å². The summed E-state index contributed by atoms with van der Waals surface area (Å²) in [5.41, 5.74) is 0.892. The first kappa shape index (κ1) is 9.53. The maximum Gasteiger partial charge on any atom is 0.218 e. The molecule has 0 unspecified atom stereocenters. The number of benzene rings is 1. The zero-order valence-electron chi connectivity index (χ0n) is 9.65. The molecule has 88 valence electrons. The van der Waals surface area contributed by atoms with Crippen LogP contribution in [0.5, 0.6) is 0 Å². The lowest BCUT2D eigenvalue weighted by Crippen LogP contribution is -2.25. The highest BCUT2D eigenvalue weighted by Gasteiger charge is 2.23. The molecule has 1 aromatic heterocycles. The zero-order chi connectivity index (χ0) is 11.9. The molecule has 2 aromatic rings. The molecule has 0 N–H and O–H groups in total. The summed E-state index contributed by atoms with van der Waals surface area (Å²) in [4.78, 5) is 2.08. The number of hydrogen-bond donors (Lipinski definition) is 0. The van der Waals surface area contributed by atoms with E-state index < -0.39 is 0 Å². The van der Waals surface area contributed by atoms with Crippen molar-refractivity contribution in [3.8, 4) is 0 Å². The van der Waals surface area contributed by atoms with Crippen LogP contribution in [-0.2, 0) is 0 Å². The van der Waals surface area contributed by atoms with Crippen LogP contribution in [-0.4, -0.2) is 17.4 Å². The lowest BCUT2D eigenvalue weighted by atomic mass is 10.3. The van der Waals surface area contributed by atoms with Crippen LogP contribution in [0.1, 0.15) is 0 Å². The highest BCUT2D eigenvalue weighted by molar-refractivity contribution is 5.97. The number of anilines is 1. The molecule has 0 saturated carbocycles. The average Bonchev–Trinajstić information content (AvgIpc) is 3.02. The van der Waals surface area contributed by atoms with Gasteiger partial charge in [0.1, 0.15) is 12.3 Å². The molecule has 18 heavy (non-hydrogen) atoms. The van der Waals surface area contributed by atoms with Gasteiger partial charge in [-0.1, -0.05) is 24.3 Å². The van der Waals surface area contributed by atoms with Crippen molar-refractivity contribution in [1.82, 2.24) is 4.90 Å². The number of furan rings is 1. The summed E-state index contributed by atoms with van der Waals surface area (Å²) in [6.45, 7) is 0.690.